The Kier molecular flexibility index (Phi) is 6.17. The molecule has 2 saturated heterocycles. The van der Waals surface area contributed by atoms with Crippen molar-refractivity contribution in [2.24, 2.45) is 0 Å². The van der Waals surface area contributed by atoms with Crippen LogP contribution in [0.3, 0.4) is 0 Å². The highest BCUT2D eigenvalue weighted by Gasteiger charge is 2.27. The summed E-state index contributed by atoms with van der Waals surface area (Å²) in [5, 5.41) is 4.36. The van der Waals surface area contributed by atoms with Crippen LogP contribution < -0.4 is 4.90 Å². The van der Waals surface area contributed by atoms with Crippen LogP contribution in [0.25, 0.3) is 0 Å². The highest BCUT2D eigenvalue weighted by atomic mass is 32.2. The van der Waals surface area contributed by atoms with Gasteiger partial charge in [0, 0.05) is 70.3 Å². The van der Waals surface area contributed by atoms with Crippen molar-refractivity contribution >= 4 is 15.8 Å². The minimum Gasteiger partial charge on any atom is -0.355 e. The fourth-order valence-electron chi connectivity index (χ4n) is 4.07. The fourth-order valence-corrected chi connectivity index (χ4v) is 5.53. The van der Waals surface area contributed by atoms with Gasteiger partial charge in [-0.1, -0.05) is 0 Å². The minimum atomic E-state index is -3.40. The molecule has 2 fully saturated rings. The van der Waals surface area contributed by atoms with E-state index in [2.05, 4.69) is 33.0 Å². The van der Waals surface area contributed by atoms with Crippen molar-refractivity contribution in [3.05, 3.63) is 36.3 Å². The number of pyridine rings is 1. The second kappa shape index (κ2) is 8.81. The smallest absolute Gasteiger partial charge is 0.244 e. The van der Waals surface area contributed by atoms with E-state index in [0.717, 1.165) is 64.3 Å². The lowest BCUT2D eigenvalue weighted by molar-refractivity contribution is 0.285. The Hall–Kier alpha value is -1.97. The van der Waals surface area contributed by atoms with Crippen LogP contribution in [0.2, 0.25) is 0 Å². The molecule has 0 aliphatic carbocycles. The Balaban J connectivity index is 1.37. The first-order valence-corrected chi connectivity index (χ1v) is 11.9. The molecule has 0 radical (unpaired) electrons. The van der Waals surface area contributed by atoms with Crippen molar-refractivity contribution in [1.82, 2.24) is 24.0 Å². The van der Waals surface area contributed by atoms with Gasteiger partial charge in [-0.05, 0) is 38.3 Å². The summed E-state index contributed by atoms with van der Waals surface area (Å²) in [5.41, 5.74) is 1.25. The molecule has 8 nitrogen and oxygen atoms in total. The molecule has 0 N–H and O–H groups in total. The van der Waals surface area contributed by atoms with Gasteiger partial charge in [-0.2, -0.15) is 9.40 Å². The largest absolute Gasteiger partial charge is 0.355 e. The van der Waals surface area contributed by atoms with E-state index < -0.39 is 10.0 Å². The van der Waals surface area contributed by atoms with Crippen LogP contribution >= 0.6 is 0 Å². The van der Waals surface area contributed by atoms with Crippen LogP contribution in [-0.2, 0) is 23.1 Å². The maximum absolute atomic E-state index is 12.7. The molecule has 0 atom stereocenters. The highest BCUT2D eigenvalue weighted by molar-refractivity contribution is 7.89. The van der Waals surface area contributed by atoms with E-state index >= 15 is 0 Å². The van der Waals surface area contributed by atoms with Crippen molar-refractivity contribution in [3.63, 3.8) is 0 Å². The van der Waals surface area contributed by atoms with Gasteiger partial charge in [0.2, 0.25) is 10.0 Å². The van der Waals surface area contributed by atoms with E-state index in [1.165, 1.54) is 11.8 Å². The van der Waals surface area contributed by atoms with Gasteiger partial charge < -0.3 is 4.90 Å². The Labute approximate surface area is 173 Å². The first-order chi connectivity index (χ1) is 14.1. The Morgan fingerprint density at radius 2 is 1.79 bits per heavy atom. The number of hydrogen-bond acceptors (Lipinski definition) is 6. The van der Waals surface area contributed by atoms with Crippen LogP contribution in [0.4, 0.5) is 5.82 Å². The fraction of sp³-hybridized carbons (Fsp3) is 0.600. The molecule has 2 aromatic rings. The quantitative estimate of drug-likeness (QED) is 0.712. The molecule has 0 bridgehead atoms. The molecule has 0 amide bonds. The Morgan fingerprint density at radius 3 is 2.48 bits per heavy atom. The number of hydrogen-bond donors (Lipinski definition) is 0. The molecular formula is C20H30N6O2S. The number of nitrogens with zero attached hydrogens (tertiary/aromatic N) is 6. The first kappa shape index (κ1) is 20.3. The summed E-state index contributed by atoms with van der Waals surface area (Å²) >= 11 is 0. The van der Waals surface area contributed by atoms with Gasteiger partial charge in [-0.25, -0.2) is 13.4 Å². The summed E-state index contributed by atoms with van der Waals surface area (Å²) in [6, 6.07) is 3.56. The third-order valence-electron chi connectivity index (χ3n) is 5.75. The zero-order chi connectivity index (χ0) is 20.3. The summed E-state index contributed by atoms with van der Waals surface area (Å²) in [7, 11) is -3.40. The third kappa shape index (κ3) is 4.62. The molecule has 2 aliphatic heterocycles. The standard InChI is InChI=1S/C20H30N6O2S/c1-2-25-17-18(14-22-25)16-23-8-5-9-24(13-12-23)20-7-6-19(15-21-20)29(27,28)26-10-3-4-11-26/h6-7,14-15,17H,2-5,8-13,16H2,1H3. The SMILES string of the molecule is CCn1cc(CN2CCCN(c3ccc(S(=O)(=O)N4CCCC4)cn3)CC2)cn1. The van der Waals surface area contributed by atoms with Crippen molar-refractivity contribution in [3.8, 4) is 0 Å². The zero-order valence-corrected chi connectivity index (χ0v) is 17.9. The topological polar surface area (TPSA) is 74.6 Å². The predicted octanol–water partition coefficient (Wildman–Crippen LogP) is 1.79. The summed E-state index contributed by atoms with van der Waals surface area (Å²) in [4.78, 5) is 9.49. The van der Waals surface area contributed by atoms with Gasteiger partial charge in [0.15, 0.2) is 0 Å². The molecule has 0 spiro atoms. The Bertz CT molecular complexity index is 905. The lowest BCUT2D eigenvalue weighted by Gasteiger charge is -2.23. The maximum atomic E-state index is 12.7. The molecule has 0 saturated carbocycles. The molecule has 4 heterocycles. The van der Waals surface area contributed by atoms with Crippen molar-refractivity contribution in [2.45, 2.75) is 44.2 Å². The maximum Gasteiger partial charge on any atom is 0.244 e. The normalized spacial score (nSPS) is 19.6. The molecule has 2 aromatic heterocycles. The van der Waals surface area contributed by atoms with Gasteiger partial charge in [-0.3, -0.25) is 9.58 Å². The lowest BCUT2D eigenvalue weighted by Crippen LogP contribution is -2.31. The van der Waals surface area contributed by atoms with Gasteiger partial charge in [-0.15, -0.1) is 0 Å². The van der Waals surface area contributed by atoms with Gasteiger partial charge in [0.25, 0.3) is 0 Å². The summed E-state index contributed by atoms with van der Waals surface area (Å²) in [6.07, 6.45) is 8.52. The van der Waals surface area contributed by atoms with E-state index in [-0.39, 0.29) is 0 Å². The molecule has 158 valence electrons. The number of sulfonamides is 1. The third-order valence-corrected chi connectivity index (χ3v) is 7.64. The summed E-state index contributed by atoms with van der Waals surface area (Å²) in [6.45, 7) is 8.92. The molecule has 9 heteroatoms. The Morgan fingerprint density at radius 1 is 0.966 bits per heavy atom. The second-order valence-corrected chi connectivity index (χ2v) is 9.72. The summed E-state index contributed by atoms with van der Waals surface area (Å²) in [5.74, 6) is 0.853. The highest BCUT2D eigenvalue weighted by Crippen LogP contribution is 2.22. The van der Waals surface area contributed by atoms with E-state index in [0.29, 0.717) is 18.0 Å². The number of aryl methyl sites for hydroxylation is 1. The van der Waals surface area contributed by atoms with Gasteiger partial charge in [0.1, 0.15) is 10.7 Å². The number of rotatable bonds is 6. The minimum absolute atomic E-state index is 0.299. The van der Waals surface area contributed by atoms with E-state index in [9.17, 15) is 8.42 Å². The van der Waals surface area contributed by atoms with E-state index in [4.69, 9.17) is 0 Å². The monoisotopic (exact) mass is 418 g/mol. The van der Waals surface area contributed by atoms with E-state index in [1.807, 2.05) is 16.9 Å². The molecule has 2 aliphatic rings. The van der Waals surface area contributed by atoms with Gasteiger partial charge >= 0.3 is 0 Å². The molecule has 0 aromatic carbocycles. The zero-order valence-electron chi connectivity index (χ0n) is 17.1. The lowest BCUT2D eigenvalue weighted by atomic mass is 10.3. The first-order valence-electron chi connectivity index (χ1n) is 10.5. The molecule has 4 rings (SSSR count). The van der Waals surface area contributed by atoms with Gasteiger partial charge in [0.05, 0.1) is 6.20 Å². The molecule has 29 heavy (non-hydrogen) atoms. The number of aromatic nitrogens is 3. The summed E-state index contributed by atoms with van der Waals surface area (Å²) < 4.78 is 28.9. The van der Waals surface area contributed by atoms with Crippen LogP contribution in [-0.4, -0.2) is 71.7 Å². The van der Waals surface area contributed by atoms with E-state index in [1.54, 1.807) is 10.4 Å². The molecule has 0 unspecified atom stereocenters. The van der Waals surface area contributed by atoms with Crippen molar-refractivity contribution in [1.29, 1.82) is 0 Å². The van der Waals surface area contributed by atoms with Crippen molar-refractivity contribution < 1.29 is 8.42 Å². The average Bonchev–Trinajstić information content (AvgIpc) is 3.38. The average molecular weight is 419 g/mol. The van der Waals surface area contributed by atoms with Crippen molar-refractivity contribution in [2.75, 3.05) is 44.2 Å². The predicted molar refractivity (Wildman–Crippen MR) is 112 cm³/mol. The molecular weight excluding hydrogens is 388 g/mol. The number of anilines is 1. The second-order valence-electron chi connectivity index (χ2n) is 7.78. The van der Waals surface area contributed by atoms with Crippen LogP contribution in [0.5, 0.6) is 0 Å². The van der Waals surface area contributed by atoms with Crippen LogP contribution in [0.15, 0.2) is 35.6 Å². The van der Waals surface area contributed by atoms with Crippen LogP contribution in [0.1, 0.15) is 31.7 Å². The van der Waals surface area contributed by atoms with Crippen LogP contribution in [0, 0.1) is 0 Å².